The molecule has 0 fully saturated rings. The van der Waals surface area contributed by atoms with Crippen LogP contribution in [0.15, 0.2) is 115 Å². The summed E-state index contributed by atoms with van der Waals surface area (Å²) in [6, 6.07) is 47.4. The van der Waals surface area contributed by atoms with Crippen molar-refractivity contribution in [1.29, 1.82) is 0 Å². The number of anilines is 3. The molecule has 0 N–H and O–H groups in total. The maximum absolute atomic E-state index is 6.73. The van der Waals surface area contributed by atoms with Crippen molar-refractivity contribution in [2.75, 3.05) is 9.80 Å². The number of aromatic nitrogens is 2. The SMILES string of the molecule is Cc1cc2c(cc1C)N(c1[c-]c(Oc3[c-]c4c(cc3)c3c(C(C)(C)C)cccc3n4-c3cc(C(C)(C)C)ccn3)ccc1)[CH-]N2Cc1cccc(-c2c(C(C)C)cc(C(C)C)cc2C(C)C)c1.[Pt]. The van der Waals surface area contributed by atoms with Crippen LogP contribution in [0.4, 0.5) is 17.1 Å². The molecular formula is C62H67N4OPt-3. The molecule has 0 unspecified atom stereocenters. The van der Waals surface area contributed by atoms with E-state index in [9.17, 15) is 0 Å². The smallest absolute Gasteiger partial charge is 0.135 e. The molecule has 8 aromatic rings. The molecule has 1 aliphatic rings. The molecule has 0 atom stereocenters. The molecule has 6 aromatic carbocycles. The first-order valence-electron chi connectivity index (χ1n) is 24.2. The molecule has 354 valence electrons. The normalized spacial score (nSPS) is 13.1. The molecule has 6 heteroatoms. The summed E-state index contributed by atoms with van der Waals surface area (Å²) in [5.74, 6) is 3.40. The van der Waals surface area contributed by atoms with E-state index in [-0.39, 0.29) is 31.9 Å². The fourth-order valence-corrected chi connectivity index (χ4v) is 9.76. The van der Waals surface area contributed by atoms with Crippen molar-refractivity contribution in [3.8, 4) is 28.4 Å². The number of benzene rings is 6. The van der Waals surface area contributed by atoms with Gasteiger partial charge >= 0.3 is 0 Å². The number of nitrogens with zero attached hydrogens (tertiary/aromatic N) is 4. The van der Waals surface area contributed by atoms with Gasteiger partial charge in [-0.1, -0.05) is 131 Å². The Morgan fingerprint density at radius 1 is 0.662 bits per heavy atom. The molecule has 0 amide bonds. The van der Waals surface area contributed by atoms with Gasteiger partial charge < -0.3 is 19.1 Å². The number of pyridine rings is 1. The molecular weight excluding hydrogens is 1010 g/mol. The largest absolute Gasteiger partial charge is 0.509 e. The molecule has 0 saturated heterocycles. The van der Waals surface area contributed by atoms with Gasteiger partial charge in [-0.3, -0.25) is 0 Å². The average Bonchev–Trinajstić information content (AvgIpc) is 3.79. The van der Waals surface area contributed by atoms with E-state index in [2.05, 4.69) is 227 Å². The van der Waals surface area contributed by atoms with Crippen LogP contribution in [0.25, 0.3) is 38.8 Å². The van der Waals surface area contributed by atoms with Crippen molar-refractivity contribution in [3.05, 3.63) is 179 Å². The first-order valence-corrected chi connectivity index (χ1v) is 24.2. The van der Waals surface area contributed by atoms with E-state index in [0.29, 0.717) is 29.3 Å². The molecule has 2 aromatic heterocycles. The second-order valence-corrected chi connectivity index (χ2v) is 21.8. The maximum Gasteiger partial charge on any atom is 0.135 e. The van der Waals surface area contributed by atoms with Crippen LogP contribution in [-0.4, -0.2) is 9.55 Å². The second kappa shape index (κ2) is 18.7. The molecule has 0 saturated carbocycles. The van der Waals surface area contributed by atoms with Crippen molar-refractivity contribution in [2.45, 2.75) is 132 Å². The predicted octanol–water partition coefficient (Wildman–Crippen LogP) is 17.1. The van der Waals surface area contributed by atoms with Gasteiger partial charge in [-0.2, -0.15) is 18.8 Å². The Labute approximate surface area is 420 Å². The Morgan fingerprint density at radius 3 is 1.99 bits per heavy atom. The van der Waals surface area contributed by atoms with E-state index in [1.807, 2.05) is 18.3 Å². The van der Waals surface area contributed by atoms with Crippen LogP contribution in [0, 0.1) is 32.6 Å². The summed E-state index contributed by atoms with van der Waals surface area (Å²) in [5, 5.41) is 2.34. The number of fused-ring (bicyclic) bond motifs is 4. The Balaban J connectivity index is 0.00000625. The van der Waals surface area contributed by atoms with Gasteiger partial charge in [0.1, 0.15) is 5.82 Å². The fourth-order valence-electron chi connectivity index (χ4n) is 9.76. The molecule has 0 bridgehead atoms. The van der Waals surface area contributed by atoms with Gasteiger partial charge in [-0.25, -0.2) is 4.98 Å². The van der Waals surface area contributed by atoms with Crippen LogP contribution >= 0.6 is 0 Å². The number of rotatable bonds is 10. The Hall–Kier alpha value is -5.64. The van der Waals surface area contributed by atoms with E-state index in [1.165, 1.54) is 66.7 Å². The molecule has 9 rings (SSSR count). The van der Waals surface area contributed by atoms with E-state index in [4.69, 9.17) is 9.72 Å². The quantitative estimate of drug-likeness (QED) is 0.128. The number of aryl methyl sites for hydroxylation is 2. The molecule has 3 heterocycles. The summed E-state index contributed by atoms with van der Waals surface area (Å²) in [4.78, 5) is 9.58. The third kappa shape index (κ3) is 9.28. The summed E-state index contributed by atoms with van der Waals surface area (Å²) < 4.78 is 8.98. The minimum atomic E-state index is -0.0684. The zero-order valence-corrected chi connectivity index (χ0v) is 44.8. The predicted molar refractivity (Wildman–Crippen MR) is 283 cm³/mol. The van der Waals surface area contributed by atoms with Crippen LogP contribution in [0.2, 0.25) is 0 Å². The van der Waals surface area contributed by atoms with Gasteiger partial charge in [0, 0.05) is 62.2 Å². The van der Waals surface area contributed by atoms with Gasteiger partial charge in [0.05, 0.1) is 0 Å². The molecule has 68 heavy (non-hydrogen) atoms. The number of hydrogen-bond donors (Lipinski definition) is 0. The van der Waals surface area contributed by atoms with Gasteiger partial charge in [-0.05, 0) is 140 Å². The number of hydrogen-bond acceptors (Lipinski definition) is 4. The second-order valence-electron chi connectivity index (χ2n) is 21.8. The van der Waals surface area contributed by atoms with Gasteiger partial charge in [-0.15, -0.1) is 41.4 Å². The van der Waals surface area contributed by atoms with Gasteiger partial charge in [0.2, 0.25) is 0 Å². The zero-order chi connectivity index (χ0) is 47.7. The summed E-state index contributed by atoms with van der Waals surface area (Å²) in [6.07, 6.45) is 1.92. The minimum Gasteiger partial charge on any atom is -0.509 e. The van der Waals surface area contributed by atoms with Gasteiger partial charge in [0.15, 0.2) is 0 Å². The van der Waals surface area contributed by atoms with Crippen molar-refractivity contribution in [2.24, 2.45) is 0 Å². The van der Waals surface area contributed by atoms with Crippen LogP contribution in [0.1, 0.15) is 145 Å². The van der Waals surface area contributed by atoms with Crippen LogP contribution in [0.5, 0.6) is 11.5 Å². The van der Waals surface area contributed by atoms with Crippen LogP contribution < -0.4 is 14.5 Å². The monoisotopic (exact) mass is 1080 g/mol. The zero-order valence-electron chi connectivity index (χ0n) is 42.5. The van der Waals surface area contributed by atoms with Crippen molar-refractivity contribution in [3.63, 3.8) is 0 Å². The third-order valence-electron chi connectivity index (χ3n) is 13.7. The number of ether oxygens (including phenoxy) is 1. The fraction of sp³-hybridized carbons (Fsp3) is 0.323. The summed E-state index contributed by atoms with van der Waals surface area (Å²) in [7, 11) is 0. The molecule has 0 aliphatic carbocycles. The molecule has 0 radical (unpaired) electrons. The standard InChI is InChI=1S/C62H67N4O.Pt/c1-38(2)45-31-51(39(3)4)59(52(32-45)40(5)6)44-19-15-18-43(30-44)36-64-37-65(57-29-42(8)41(7)28-56(57)64)47-20-16-21-48(34-47)67-49-24-25-50-55(35-49)66(58-33-46(26-27-63-58)61(9,10)11)54-23-17-22-53(60(50)54)62(12,13)14;/h15-33,37-40H,36H2,1-14H3;/q-3;. The first kappa shape index (κ1) is 48.8. The van der Waals surface area contributed by atoms with Crippen LogP contribution in [-0.2, 0) is 38.4 Å². The Kier molecular flexibility index (Phi) is 13.4. The van der Waals surface area contributed by atoms with Crippen molar-refractivity contribution >= 4 is 38.9 Å². The minimum absolute atomic E-state index is 0. The van der Waals surface area contributed by atoms with E-state index < -0.39 is 0 Å². The van der Waals surface area contributed by atoms with E-state index in [1.54, 1.807) is 0 Å². The third-order valence-corrected chi connectivity index (χ3v) is 13.7. The van der Waals surface area contributed by atoms with E-state index in [0.717, 1.165) is 40.2 Å². The van der Waals surface area contributed by atoms with Crippen molar-refractivity contribution < 1.29 is 25.8 Å². The topological polar surface area (TPSA) is 33.5 Å². The average molecular weight is 1080 g/mol. The molecule has 0 spiro atoms. The van der Waals surface area contributed by atoms with Gasteiger partial charge in [0.25, 0.3) is 0 Å². The summed E-state index contributed by atoms with van der Waals surface area (Å²) >= 11 is 0. The summed E-state index contributed by atoms with van der Waals surface area (Å²) in [5.41, 5.74) is 18.4. The molecule has 1 aliphatic heterocycles. The van der Waals surface area contributed by atoms with Crippen molar-refractivity contribution in [1.82, 2.24) is 9.55 Å². The Morgan fingerprint density at radius 2 is 1.32 bits per heavy atom. The van der Waals surface area contributed by atoms with Crippen LogP contribution in [0.3, 0.4) is 0 Å². The Bertz CT molecular complexity index is 3130. The molecule has 5 nitrogen and oxygen atoms in total. The maximum atomic E-state index is 6.73. The summed E-state index contributed by atoms with van der Waals surface area (Å²) in [6.45, 7) is 34.8. The van der Waals surface area contributed by atoms with E-state index >= 15 is 0 Å². The first-order chi connectivity index (χ1) is 31.8.